The molecule has 0 saturated heterocycles. The molecule has 0 bridgehead atoms. The first-order valence-corrected chi connectivity index (χ1v) is 7.92. The fourth-order valence-corrected chi connectivity index (χ4v) is 3.27. The molecule has 3 heteroatoms. The maximum atomic E-state index is 5.90. The van der Waals surface area contributed by atoms with Crippen molar-refractivity contribution in [1.29, 1.82) is 0 Å². The Morgan fingerprint density at radius 1 is 1.05 bits per heavy atom. The van der Waals surface area contributed by atoms with Gasteiger partial charge in [0.25, 0.3) is 0 Å². The van der Waals surface area contributed by atoms with Crippen LogP contribution in [0.25, 0.3) is 0 Å². The van der Waals surface area contributed by atoms with E-state index in [4.69, 9.17) is 11.6 Å². The van der Waals surface area contributed by atoms with Crippen LogP contribution in [0.2, 0.25) is 5.02 Å². The Balaban J connectivity index is 1.80. The lowest BCUT2D eigenvalue weighted by Crippen LogP contribution is -2.37. The fourth-order valence-electron chi connectivity index (χ4n) is 2.31. The van der Waals surface area contributed by atoms with Crippen molar-refractivity contribution in [3.63, 3.8) is 0 Å². The Morgan fingerprint density at radius 3 is 2.37 bits per heavy atom. The number of rotatable bonds is 6. The van der Waals surface area contributed by atoms with Crippen LogP contribution in [0.4, 0.5) is 0 Å². The standard InChI is InChI=1S/C16H20ClNS/c1-12(10-14-5-7-15(17)8-6-14)18-13(2)11-16-4-3-9-19-16/h3-9,12-13,18H,10-11H2,1-2H3. The number of nitrogens with one attached hydrogen (secondary N) is 1. The number of halogens is 1. The second-order valence-electron chi connectivity index (χ2n) is 5.08. The van der Waals surface area contributed by atoms with E-state index < -0.39 is 0 Å². The highest BCUT2D eigenvalue weighted by molar-refractivity contribution is 7.09. The molecule has 102 valence electrons. The van der Waals surface area contributed by atoms with Gasteiger partial charge in [0.1, 0.15) is 0 Å². The highest BCUT2D eigenvalue weighted by Gasteiger charge is 2.09. The van der Waals surface area contributed by atoms with Crippen molar-refractivity contribution in [3.8, 4) is 0 Å². The molecular formula is C16H20ClNS. The van der Waals surface area contributed by atoms with Gasteiger partial charge in [0, 0.05) is 22.0 Å². The highest BCUT2D eigenvalue weighted by Crippen LogP contribution is 2.13. The summed E-state index contributed by atoms with van der Waals surface area (Å²) in [5.74, 6) is 0. The molecule has 2 atom stereocenters. The van der Waals surface area contributed by atoms with Gasteiger partial charge in [0.05, 0.1) is 0 Å². The monoisotopic (exact) mass is 293 g/mol. The normalized spacial score (nSPS) is 14.3. The minimum Gasteiger partial charge on any atom is -0.311 e. The summed E-state index contributed by atoms with van der Waals surface area (Å²) in [5.41, 5.74) is 1.33. The van der Waals surface area contributed by atoms with E-state index in [0.29, 0.717) is 12.1 Å². The number of thiophene rings is 1. The molecule has 0 spiro atoms. The Labute approximate surface area is 124 Å². The molecule has 2 rings (SSSR count). The number of benzene rings is 1. The summed E-state index contributed by atoms with van der Waals surface area (Å²) in [6.07, 6.45) is 2.13. The zero-order chi connectivity index (χ0) is 13.7. The van der Waals surface area contributed by atoms with Crippen molar-refractivity contribution in [2.75, 3.05) is 0 Å². The molecule has 1 aromatic carbocycles. The van der Waals surface area contributed by atoms with Crippen LogP contribution in [0.3, 0.4) is 0 Å². The molecular weight excluding hydrogens is 274 g/mol. The van der Waals surface area contributed by atoms with Crippen LogP contribution in [0.15, 0.2) is 41.8 Å². The summed E-state index contributed by atoms with van der Waals surface area (Å²) >= 11 is 7.73. The predicted octanol–water partition coefficient (Wildman–Crippen LogP) is 4.55. The quantitative estimate of drug-likeness (QED) is 0.824. The smallest absolute Gasteiger partial charge is 0.0406 e. The third-order valence-electron chi connectivity index (χ3n) is 3.11. The van der Waals surface area contributed by atoms with E-state index in [2.05, 4.69) is 48.8 Å². The van der Waals surface area contributed by atoms with E-state index in [1.165, 1.54) is 10.4 Å². The molecule has 2 unspecified atom stereocenters. The van der Waals surface area contributed by atoms with Gasteiger partial charge in [-0.1, -0.05) is 29.8 Å². The summed E-state index contributed by atoms with van der Waals surface area (Å²) in [6, 6.07) is 13.4. The number of hydrogen-bond donors (Lipinski definition) is 1. The highest BCUT2D eigenvalue weighted by atomic mass is 35.5. The van der Waals surface area contributed by atoms with Gasteiger partial charge in [0.2, 0.25) is 0 Å². The van der Waals surface area contributed by atoms with Gasteiger partial charge >= 0.3 is 0 Å². The average Bonchev–Trinajstić information content (AvgIpc) is 2.84. The molecule has 1 heterocycles. The Bertz CT molecular complexity index is 478. The van der Waals surface area contributed by atoms with E-state index in [9.17, 15) is 0 Å². The van der Waals surface area contributed by atoms with Gasteiger partial charge < -0.3 is 5.32 Å². The van der Waals surface area contributed by atoms with Crippen molar-refractivity contribution < 1.29 is 0 Å². The molecule has 0 saturated carbocycles. The van der Waals surface area contributed by atoms with Gasteiger partial charge in [-0.3, -0.25) is 0 Å². The largest absolute Gasteiger partial charge is 0.311 e. The van der Waals surface area contributed by atoms with Crippen LogP contribution in [0.5, 0.6) is 0 Å². The van der Waals surface area contributed by atoms with Crippen molar-refractivity contribution in [2.24, 2.45) is 0 Å². The first-order valence-electron chi connectivity index (χ1n) is 6.66. The van der Waals surface area contributed by atoms with Crippen LogP contribution in [0.1, 0.15) is 24.3 Å². The second-order valence-corrected chi connectivity index (χ2v) is 6.55. The molecule has 1 aromatic heterocycles. The topological polar surface area (TPSA) is 12.0 Å². The van der Waals surface area contributed by atoms with E-state index in [0.717, 1.165) is 17.9 Å². The minimum atomic E-state index is 0.469. The Kier molecular flexibility index (Phi) is 5.44. The van der Waals surface area contributed by atoms with Crippen molar-refractivity contribution in [1.82, 2.24) is 5.32 Å². The van der Waals surface area contributed by atoms with Crippen molar-refractivity contribution in [2.45, 2.75) is 38.8 Å². The van der Waals surface area contributed by atoms with Crippen molar-refractivity contribution >= 4 is 22.9 Å². The van der Waals surface area contributed by atoms with E-state index >= 15 is 0 Å². The van der Waals surface area contributed by atoms with E-state index in [-0.39, 0.29) is 0 Å². The average molecular weight is 294 g/mol. The maximum absolute atomic E-state index is 5.90. The summed E-state index contributed by atoms with van der Waals surface area (Å²) in [7, 11) is 0. The predicted molar refractivity (Wildman–Crippen MR) is 85.2 cm³/mol. The molecule has 0 radical (unpaired) electrons. The van der Waals surface area contributed by atoms with Gasteiger partial charge in [-0.05, 0) is 55.8 Å². The molecule has 0 aliphatic heterocycles. The molecule has 1 N–H and O–H groups in total. The van der Waals surface area contributed by atoms with Crippen LogP contribution in [0, 0.1) is 0 Å². The van der Waals surface area contributed by atoms with E-state index in [1.807, 2.05) is 23.5 Å². The fraction of sp³-hybridized carbons (Fsp3) is 0.375. The summed E-state index contributed by atoms with van der Waals surface area (Å²) in [6.45, 7) is 4.48. The minimum absolute atomic E-state index is 0.469. The van der Waals surface area contributed by atoms with E-state index in [1.54, 1.807) is 0 Å². The lowest BCUT2D eigenvalue weighted by atomic mass is 10.1. The lowest BCUT2D eigenvalue weighted by Gasteiger charge is -2.19. The molecule has 0 aliphatic rings. The first kappa shape index (κ1) is 14.6. The van der Waals surface area contributed by atoms with Crippen LogP contribution in [-0.4, -0.2) is 12.1 Å². The maximum Gasteiger partial charge on any atom is 0.0406 e. The third kappa shape index (κ3) is 4.98. The lowest BCUT2D eigenvalue weighted by molar-refractivity contribution is 0.464. The van der Waals surface area contributed by atoms with Gasteiger partial charge in [-0.2, -0.15) is 0 Å². The van der Waals surface area contributed by atoms with Gasteiger partial charge in [-0.15, -0.1) is 11.3 Å². The second kappa shape index (κ2) is 7.09. The van der Waals surface area contributed by atoms with Crippen molar-refractivity contribution in [3.05, 3.63) is 57.2 Å². The molecule has 0 aliphatic carbocycles. The molecule has 2 aromatic rings. The van der Waals surface area contributed by atoms with Gasteiger partial charge in [-0.25, -0.2) is 0 Å². The summed E-state index contributed by atoms with van der Waals surface area (Å²) in [4.78, 5) is 1.44. The van der Waals surface area contributed by atoms with Crippen LogP contribution < -0.4 is 5.32 Å². The van der Waals surface area contributed by atoms with Crippen LogP contribution >= 0.6 is 22.9 Å². The summed E-state index contributed by atoms with van der Waals surface area (Å²) in [5, 5.41) is 6.59. The first-order chi connectivity index (χ1) is 9.13. The Hall–Kier alpha value is -0.830. The zero-order valence-corrected chi connectivity index (χ0v) is 13.0. The SMILES string of the molecule is CC(Cc1ccc(Cl)cc1)NC(C)Cc1cccs1. The number of hydrogen-bond acceptors (Lipinski definition) is 2. The van der Waals surface area contributed by atoms with Crippen LogP contribution in [-0.2, 0) is 12.8 Å². The third-order valence-corrected chi connectivity index (χ3v) is 4.26. The zero-order valence-electron chi connectivity index (χ0n) is 11.4. The summed E-state index contributed by atoms with van der Waals surface area (Å²) < 4.78 is 0. The van der Waals surface area contributed by atoms with Gasteiger partial charge in [0.15, 0.2) is 0 Å². The molecule has 19 heavy (non-hydrogen) atoms. The molecule has 0 fully saturated rings. The molecule has 1 nitrogen and oxygen atoms in total. The molecule has 0 amide bonds. The Morgan fingerprint density at radius 2 is 1.74 bits per heavy atom.